The molecule has 0 radical (unpaired) electrons. The number of nitrogens with two attached hydrogens (primary N) is 1. The largest absolute Gasteiger partial charge is 0.494 e. The van der Waals surface area contributed by atoms with Crippen molar-refractivity contribution in [2.75, 3.05) is 19.8 Å². The van der Waals surface area contributed by atoms with Gasteiger partial charge in [-0.25, -0.2) is 0 Å². The van der Waals surface area contributed by atoms with Crippen LogP contribution in [0.1, 0.15) is 30.4 Å². The molecule has 118 valence electrons. The summed E-state index contributed by atoms with van der Waals surface area (Å²) >= 11 is 0. The molecule has 0 heterocycles. The second-order valence-electron chi connectivity index (χ2n) is 5.34. The molecule has 0 aliphatic heterocycles. The molecule has 0 aliphatic rings. The second kappa shape index (κ2) is 8.44. The van der Waals surface area contributed by atoms with Gasteiger partial charge in [0.15, 0.2) is 0 Å². The van der Waals surface area contributed by atoms with Gasteiger partial charge in [-0.05, 0) is 62.1 Å². The van der Waals surface area contributed by atoms with Crippen LogP contribution in [0.25, 0.3) is 0 Å². The van der Waals surface area contributed by atoms with Gasteiger partial charge in [0.2, 0.25) is 0 Å². The van der Waals surface area contributed by atoms with Gasteiger partial charge in [0.05, 0.1) is 13.2 Å². The quantitative estimate of drug-likeness (QED) is 0.804. The maximum Gasteiger partial charge on any atom is 0.122 e. The maximum absolute atomic E-state index is 5.92. The van der Waals surface area contributed by atoms with Crippen molar-refractivity contribution in [1.29, 1.82) is 0 Å². The van der Waals surface area contributed by atoms with E-state index >= 15 is 0 Å². The average Bonchev–Trinajstić information content (AvgIpc) is 2.54. The number of para-hydroxylation sites is 1. The molecule has 0 saturated carbocycles. The van der Waals surface area contributed by atoms with Gasteiger partial charge in [-0.1, -0.05) is 30.3 Å². The molecule has 0 spiro atoms. The van der Waals surface area contributed by atoms with Crippen LogP contribution in [0.15, 0.2) is 48.5 Å². The third-order valence-electron chi connectivity index (χ3n) is 3.76. The predicted octanol–water partition coefficient (Wildman–Crippen LogP) is 3.91. The lowest BCUT2D eigenvalue weighted by atomic mass is 9.96. The Morgan fingerprint density at radius 1 is 1.00 bits per heavy atom. The second-order valence-corrected chi connectivity index (χ2v) is 5.34. The summed E-state index contributed by atoms with van der Waals surface area (Å²) in [5.41, 5.74) is 8.32. The van der Waals surface area contributed by atoms with E-state index < -0.39 is 0 Å². The Labute approximate surface area is 133 Å². The van der Waals surface area contributed by atoms with Crippen molar-refractivity contribution < 1.29 is 9.47 Å². The van der Waals surface area contributed by atoms with Crippen molar-refractivity contribution in [3.05, 3.63) is 59.7 Å². The highest BCUT2D eigenvalue weighted by molar-refractivity contribution is 5.32. The first-order valence-electron chi connectivity index (χ1n) is 7.85. The van der Waals surface area contributed by atoms with Crippen LogP contribution in [0.4, 0.5) is 0 Å². The molecule has 0 saturated heterocycles. The maximum atomic E-state index is 5.92. The molecule has 1 unspecified atom stereocenters. The predicted molar refractivity (Wildman–Crippen MR) is 90.7 cm³/mol. The lowest BCUT2D eigenvalue weighted by Crippen LogP contribution is -2.15. The highest BCUT2D eigenvalue weighted by Crippen LogP contribution is 2.23. The molecule has 0 bridgehead atoms. The minimum absolute atomic E-state index is 0.305. The normalized spacial score (nSPS) is 12.0. The van der Waals surface area contributed by atoms with Crippen LogP contribution in [0.5, 0.6) is 11.5 Å². The zero-order valence-corrected chi connectivity index (χ0v) is 13.4. The van der Waals surface area contributed by atoms with E-state index in [1.807, 2.05) is 37.3 Å². The van der Waals surface area contributed by atoms with E-state index in [0.29, 0.717) is 25.7 Å². The Morgan fingerprint density at radius 3 is 2.36 bits per heavy atom. The van der Waals surface area contributed by atoms with Gasteiger partial charge in [-0.3, -0.25) is 0 Å². The first-order valence-corrected chi connectivity index (χ1v) is 7.85. The monoisotopic (exact) mass is 299 g/mol. The van der Waals surface area contributed by atoms with Crippen LogP contribution < -0.4 is 15.2 Å². The molecule has 1 atom stereocenters. The number of rotatable bonds is 8. The van der Waals surface area contributed by atoms with Gasteiger partial charge >= 0.3 is 0 Å². The summed E-state index contributed by atoms with van der Waals surface area (Å²) in [6.45, 7) is 6.01. The van der Waals surface area contributed by atoms with E-state index in [9.17, 15) is 0 Å². The Morgan fingerprint density at radius 2 is 1.73 bits per heavy atom. The zero-order chi connectivity index (χ0) is 15.8. The van der Waals surface area contributed by atoms with E-state index in [-0.39, 0.29) is 0 Å². The summed E-state index contributed by atoms with van der Waals surface area (Å²) in [7, 11) is 0. The number of benzene rings is 2. The number of ether oxygens (including phenoxy) is 2. The van der Waals surface area contributed by atoms with E-state index in [4.69, 9.17) is 15.2 Å². The van der Waals surface area contributed by atoms with Crippen molar-refractivity contribution in [3.8, 4) is 11.5 Å². The summed E-state index contributed by atoms with van der Waals surface area (Å²) in [4.78, 5) is 0. The Bertz CT molecular complexity index is 566. The summed E-state index contributed by atoms with van der Waals surface area (Å²) in [6, 6.07) is 16.3. The van der Waals surface area contributed by atoms with Gasteiger partial charge < -0.3 is 15.2 Å². The Balaban J connectivity index is 1.90. The summed E-state index contributed by atoms with van der Waals surface area (Å²) < 4.78 is 11.3. The van der Waals surface area contributed by atoms with Crippen LogP contribution in [-0.4, -0.2) is 19.8 Å². The van der Waals surface area contributed by atoms with Gasteiger partial charge in [0.25, 0.3) is 0 Å². The van der Waals surface area contributed by atoms with E-state index in [1.165, 1.54) is 5.56 Å². The molecule has 22 heavy (non-hydrogen) atoms. The topological polar surface area (TPSA) is 44.5 Å². The lowest BCUT2D eigenvalue weighted by Gasteiger charge is -2.17. The first kappa shape index (κ1) is 16.4. The minimum atomic E-state index is 0.305. The molecule has 3 nitrogen and oxygen atoms in total. The van der Waals surface area contributed by atoms with Crippen LogP contribution >= 0.6 is 0 Å². The standard InChI is InChI=1S/C19H25NO2/c1-3-21-18-10-8-16(9-11-18)17(14-20)12-13-22-19-7-5-4-6-15(19)2/h4-11,17H,3,12-14,20H2,1-2H3. The van der Waals surface area contributed by atoms with Crippen LogP contribution in [-0.2, 0) is 0 Å². The molecule has 2 aromatic rings. The highest BCUT2D eigenvalue weighted by atomic mass is 16.5. The smallest absolute Gasteiger partial charge is 0.122 e. The fourth-order valence-electron chi connectivity index (χ4n) is 2.45. The summed E-state index contributed by atoms with van der Waals surface area (Å²) in [5, 5.41) is 0. The molecule has 0 fully saturated rings. The minimum Gasteiger partial charge on any atom is -0.494 e. The van der Waals surface area contributed by atoms with E-state index in [0.717, 1.165) is 23.5 Å². The Kier molecular flexibility index (Phi) is 6.28. The first-order chi connectivity index (χ1) is 10.7. The molecule has 2 aromatic carbocycles. The number of hydrogen-bond donors (Lipinski definition) is 1. The van der Waals surface area contributed by atoms with E-state index in [1.54, 1.807) is 0 Å². The van der Waals surface area contributed by atoms with Crippen LogP contribution in [0.2, 0.25) is 0 Å². The number of hydrogen-bond acceptors (Lipinski definition) is 3. The molecular weight excluding hydrogens is 274 g/mol. The van der Waals surface area contributed by atoms with Crippen molar-refractivity contribution in [1.82, 2.24) is 0 Å². The average molecular weight is 299 g/mol. The van der Waals surface area contributed by atoms with Crippen molar-refractivity contribution in [2.24, 2.45) is 5.73 Å². The van der Waals surface area contributed by atoms with Crippen LogP contribution in [0, 0.1) is 6.92 Å². The van der Waals surface area contributed by atoms with Crippen molar-refractivity contribution in [3.63, 3.8) is 0 Å². The fraction of sp³-hybridized carbons (Fsp3) is 0.368. The summed E-state index contributed by atoms with van der Waals surface area (Å²) in [5.74, 6) is 2.16. The van der Waals surface area contributed by atoms with Gasteiger partial charge in [0, 0.05) is 0 Å². The highest BCUT2D eigenvalue weighted by Gasteiger charge is 2.10. The van der Waals surface area contributed by atoms with Gasteiger partial charge in [-0.15, -0.1) is 0 Å². The van der Waals surface area contributed by atoms with Gasteiger partial charge in [0.1, 0.15) is 11.5 Å². The molecular formula is C19H25NO2. The SMILES string of the molecule is CCOc1ccc(C(CN)CCOc2ccccc2C)cc1. The van der Waals surface area contributed by atoms with Gasteiger partial charge in [-0.2, -0.15) is 0 Å². The summed E-state index contributed by atoms with van der Waals surface area (Å²) in [6.07, 6.45) is 0.902. The van der Waals surface area contributed by atoms with E-state index in [2.05, 4.69) is 25.1 Å². The third kappa shape index (κ3) is 4.50. The number of aryl methyl sites for hydroxylation is 1. The third-order valence-corrected chi connectivity index (χ3v) is 3.76. The Hall–Kier alpha value is -2.00. The molecule has 2 rings (SSSR count). The fourth-order valence-corrected chi connectivity index (χ4v) is 2.45. The van der Waals surface area contributed by atoms with Crippen molar-refractivity contribution >= 4 is 0 Å². The molecule has 0 aromatic heterocycles. The molecule has 3 heteroatoms. The molecule has 2 N–H and O–H groups in total. The zero-order valence-electron chi connectivity index (χ0n) is 13.4. The molecule has 0 amide bonds. The molecule has 0 aliphatic carbocycles. The van der Waals surface area contributed by atoms with Crippen molar-refractivity contribution in [2.45, 2.75) is 26.2 Å². The van der Waals surface area contributed by atoms with Crippen LogP contribution in [0.3, 0.4) is 0 Å². The lowest BCUT2D eigenvalue weighted by molar-refractivity contribution is 0.296.